The monoisotopic (exact) mass is 252 g/mol. The Morgan fingerprint density at radius 1 is 0.611 bits per heavy atom. The molecule has 1 saturated carbocycles. The Labute approximate surface area is 103 Å². The first-order valence-electron chi connectivity index (χ1n) is 5.32. The lowest BCUT2D eigenvalue weighted by molar-refractivity contribution is -0.155. The minimum atomic E-state index is -1.68. The molecule has 0 atom stereocenters. The molecule has 6 heteroatoms. The van der Waals surface area contributed by atoms with E-state index in [0.717, 1.165) is 20.8 Å². The SMILES string of the molecule is CC(=O)C1C(=O)C(C(C)=O)C(=O)C(C(C)=O)C1=O. The van der Waals surface area contributed by atoms with Gasteiger partial charge in [-0.15, -0.1) is 0 Å². The van der Waals surface area contributed by atoms with E-state index in [2.05, 4.69) is 0 Å². The molecule has 6 nitrogen and oxygen atoms in total. The summed E-state index contributed by atoms with van der Waals surface area (Å²) in [6, 6.07) is 0. The predicted molar refractivity (Wildman–Crippen MR) is 57.5 cm³/mol. The molecule has 0 aromatic carbocycles. The highest BCUT2D eigenvalue weighted by Gasteiger charge is 2.53. The van der Waals surface area contributed by atoms with Crippen molar-refractivity contribution in [1.82, 2.24) is 0 Å². The topological polar surface area (TPSA) is 102 Å². The van der Waals surface area contributed by atoms with Gasteiger partial charge in [-0.3, -0.25) is 28.8 Å². The molecule has 0 bridgehead atoms. The standard InChI is InChI=1S/C12H12O6/c1-4(13)7-10(16)8(5(2)14)12(18)9(6(3)15)11(7)17/h7-9H,1-3H3. The Balaban J connectivity index is 3.36. The zero-order valence-corrected chi connectivity index (χ0v) is 10.2. The van der Waals surface area contributed by atoms with Gasteiger partial charge in [-0.05, 0) is 20.8 Å². The van der Waals surface area contributed by atoms with E-state index in [0.29, 0.717) is 0 Å². The van der Waals surface area contributed by atoms with E-state index in [1.807, 2.05) is 0 Å². The second-order valence-electron chi connectivity index (χ2n) is 4.34. The third-order valence-corrected chi connectivity index (χ3v) is 2.93. The number of ketones is 6. The number of hydrogen-bond acceptors (Lipinski definition) is 6. The van der Waals surface area contributed by atoms with Crippen molar-refractivity contribution in [3.8, 4) is 0 Å². The lowest BCUT2D eigenvalue weighted by Gasteiger charge is -2.27. The maximum Gasteiger partial charge on any atom is 0.168 e. The maximum absolute atomic E-state index is 11.8. The molecule has 1 rings (SSSR count). The first-order valence-corrected chi connectivity index (χ1v) is 5.32. The summed E-state index contributed by atoms with van der Waals surface area (Å²) >= 11 is 0. The molecule has 18 heavy (non-hydrogen) atoms. The van der Waals surface area contributed by atoms with Crippen LogP contribution in [0.5, 0.6) is 0 Å². The van der Waals surface area contributed by atoms with Crippen LogP contribution in [0.3, 0.4) is 0 Å². The van der Waals surface area contributed by atoms with Gasteiger partial charge in [-0.2, -0.15) is 0 Å². The Morgan fingerprint density at radius 2 is 0.778 bits per heavy atom. The predicted octanol–water partition coefficient (Wildman–Crippen LogP) is -0.677. The Kier molecular flexibility index (Phi) is 3.69. The largest absolute Gasteiger partial charge is 0.299 e. The van der Waals surface area contributed by atoms with Gasteiger partial charge in [0.2, 0.25) is 0 Å². The molecule has 0 N–H and O–H groups in total. The van der Waals surface area contributed by atoms with Gasteiger partial charge in [0.15, 0.2) is 17.3 Å². The van der Waals surface area contributed by atoms with E-state index in [1.165, 1.54) is 0 Å². The summed E-state index contributed by atoms with van der Waals surface area (Å²) in [5.41, 5.74) is 0. The summed E-state index contributed by atoms with van der Waals surface area (Å²) in [5.74, 6) is -10.3. The van der Waals surface area contributed by atoms with Gasteiger partial charge >= 0.3 is 0 Å². The summed E-state index contributed by atoms with van der Waals surface area (Å²) in [6.45, 7) is 3.06. The first-order chi connectivity index (χ1) is 8.20. The first kappa shape index (κ1) is 14.1. The highest BCUT2D eigenvalue weighted by molar-refractivity contribution is 6.41. The minimum absolute atomic E-state index is 0.755. The van der Waals surface area contributed by atoms with Crippen LogP contribution in [-0.2, 0) is 28.8 Å². The molecule has 0 aromatic heterocycles. The van der Waals surface area contributed by atoms with Gasteiger partial charge in [-0.1, -0.05) is 0 Å². The lowest BCUT2D eigenvalue weighted by Crippen LogP contribution is -2.54. The molecule has 0 heterocycles. The smallest absolute Gasteiger partial charge is 0.168 e. The molecule has 1 aliphatic carbocycles. The fourth-order valence-electron chi connectivity index (χ4n) is 2.12. The highest BCUT2D eigenvalue weighted by Crippen LogP contribution is 2.27. The summed E-state index contributed by atoms with van der Waals surface area (Å²) < 4.78 is 0. The molecule has 0 radical (unpaired) electrons. The summed E-state index contributed by atoms with van der Waals surface area (Å²) in [6.07, 6.45) is 0. The quantitative estimate of drug-likeness (QED) is 0.617. The van der Waals surface area contributed by atoms with Crippen LogP contribution in [0.15, 0.2) is 0 Å². The van der Waals surface area contributed by atoms with Crippen molar-refractivity contribution >= 4 is 34.7 Å². The minimum Gasteiger partial charge on any atom is -0.299 e. The average molecular weight is 252 g/mol. The number of Topliss-reactive ketones (excluding diaryl/α,β-unsaturated/α-hetero) is 6. The summed E-state index contributed by atoms with van der Waals surface area (Å²) in [7, 11) is 0. The van der Waals surface area contributed by atoms with E-state index in [9.17, 15) is 28.8 Å². The summed E-state index contributed by atoms with van der Waals surface area (Å²) in [4.78, 5) is 69.3. The third-order valence-electron chi connectivity index (χ3n) is 2.93. The van der Waals surface area contributed by atoms with Gasteiger partial charge in [0.05, 0.1) is 0 Å². The fourth-order valence-corrected chi connectivity index (χ4v) is 2.12. The second kappa shape index (κ2) is 4.72. The number of carbonyl (C=O) groups excluding carboxylic acids is 6. The van der Waals surface area contributed by atoms with Gasteiger partial charge < -0.3 is 0 Å². The molecule has 0 spiro atoms. The molecule has 0 aromatic rings. The number of hydrogen-bond donors (Lipinski definition) is 0. The van der Waals surface area contributed by atoms with Crippen LogP contribution in [0.25, 0.3) is 0 Å². The van der Waals surface area contributed by atoms with Crippen LogP contribution in [0.1, 0.15) is 20.8 Å². The molecular weight excluding hydrogens is 240 g/mol. The van der Waals surface area contributed by atoms with Gasteiger partial charge in [0, 0.05) is 0 Å². The fraction of sp³-hybridized carbons (Fsp3) is 0.500. The van der Waals surface area contributed by atoms with E-state index < -0.39 is 52.5 Å². The Hall–Kier alpha value is -1.98. The zero-order valence-electron chi connectivity index (χ0n) is 10.2. The van der Waals surface area contributed by atoms with E-state index in [1.54, 1.807) is 0 Å². The van der Waals surface area contributed by atoms with Crippen molar-refractivity contribution in [1.29, 1.82) is 0 Å². The van der Waals surface area contributed by atoms with Crippen LogP contribution >= 0.6 is 0 Å². The van der Waals surface area contributed by atoms with Crippen LogP contribution in [0, 0.1) is 17.8 Å². The van der Waals surface area contributed by atoms with Crippen molar-refractivity contribution in [3.05, 3.63) is 0 Å². The number of rotatable bonds is 3. The average Bonchev–Trinajstić information content (AvgIpc) is 2.14. The van der Waals surface area contributed by atoms with Crippen molar-refractivity contribution in [3.63, 3.8) is 0 Å². The van der Waals surface area contributed by atoms with Crippen LogP contribution in [0.2, 0.25) is 0 Å². The normalized spacial score (nSPS) is 28.2. The zero-order chi connectivity index (χ0) is 14.2. The van der Waals surface area contributed by atoms with Crippen LogP contribution in [0.4, 0.5) is 0 Å². The molecule has 0 aliphatic heterocycles. The van der Waals surface area contributed by atoms with Crippen molar-refractivity contribution in [2.75, 3.05) is 0 Å². The van der Waals surface area contributed by atoms with Crippen LogP contribution < -0.4 is 0 Å². The van der Waals surface area contributed by atoms with Crippen LogP contribution in [-0.4, -0.2) is 34.7 Å². The van der Waals surface area contributed by atoms with Crippen molar-refractivity contribution < 1.29 is 28.8 Å². The van der Waals surface area contributed by atoms with Gasteiger partial charge in [0.25, 0.3) is 0 Å². The number of carbonyl (C=O) groups is 6. The molecule has 96 valence electrons. The van der Waals surface area contributed by atoms with E-state index in [-0.39, 0.29) is 0 Å². The molecule has 1 aliphatic rings. The molecule has 0 saturated heterocycles. The molecule has 0 unspecified atom stereocenters. The van der Waals surface area contributed by atoms with E-state index in [4.69, 9.17) is 0 Å². The summed E-state index contributed by atoms with van der Waals surface area (Å²) in [5, 5.41) is 0. The Morgan fingerprint density at radius 3 is 0.889 bits per heavy atom. The van der Waals surface area contributed by atoms with Crippen molar-refractivity contribution in [2.45, 2.75) is 20.8 Å². The Bertz CT molecular complexity index is 397. The van der Waals surface area contributed by atoms with Gasteiger partial charge in [-0.25, -0.2) is 0 Å². The van der Waals surface area contributed by atoms with E-state index >= 15 is 0 Å². The molecular formula is C12H12O6. The van der Waals surface area contributed by atoms with Crippen molar-refractivity contribution in [2.24, 2.45) is 17.8 Å². The maximum atomic E-state index is 11.8. The van der Waals surface area contributed by atoms with Gasteiger partial charge in [0.1, 0.15) is 35.1 Å². The molecule has 0 amide bonds. The third kappa shape index (κ3) is 2.05. The molecule has 1 fully saturated rings. The second-order valence-corrected chi connectivity index (χ2v) is 4.34. The lowest BCUT2D eigenvalue weighted by atomic mass is 9.68. The highest BCUT2D eigenvalue weighted by atomic mass is 16.2.